The Morgan fingerprint density at radius 3 is 2.95 bits per heavy atom. The van der Waals surface area contributed by atoms with Crippen LogP contribution >= 0.6 is 0 Å². The number of fused-ring (bicyclic) bond motifs is 1. The van der Waals surface area contributed by atoms with Crippen molar-refractivity contribution in [2.24, 2.45) is 11.3 Å². The zero-order valence-electron chi connectivity index (χ0n) is 12.6. The predicted octanol–water partition coefficient (Wildman–Crippen LogP) is 3.46. The molecule has 21 heavy (non-hydrogen) atoms. The first-order valence-electron chi connectivity index (χ1n) is 7.99. The summed E-state index contributed by atoms with van der Waals surface area (Å²) in [5.41, 5.74) is -0.704. The highest BCUT2D eigenvalue weighted by Crippen LogP contribution is 2.51. The molecular formula is C18H23NO2. The van der Waals surface area contributed by atoms with Crippen LogP contribution in [0.3, 0.4) is 0 Å². The fourth-order valence-electron chi connectivity index (χ4n) is 4.21. The third kappa shape index (κ3) is 2.13. The molecule has 3 rings (SSSR count). The lowest BCUT2D eigenvalue weighted by Crippen LogP contribution is -2.59. The number of benzene rings is 1. The van der Waals surface area contributed by atoms with Crippen LogP contribution in [0.15, 0.2) is 24.3 Å². The highest BCUT2D eigenvalue weighted by atomic mass is 16.5. The van der Waals surface area contributed by atoms with E-state index in [1.807, 2.05) is 24.3 Å². The van der Waals surface area contributed by atoms with E-state index >= 15 is 0 Å². The minimum absolute atomic E-state index is 0.194. The van der Waals surface area contributed by atoms with Gasteiger partial charge in [0.25, 0.3) is 0 Å². The molecule has 1 heterocycles. The number of rotatable bonds is 2. The predicted molar refractivity (Wildman–Crippen MR) is 80.9 cm³/mol. The van der Waals surface area contributed by atoms with Crippen LogP contribution in [0.4, 0.5) is 0 Å². The maximum absolute atomic E-state index is 11.4. The summed E-state index contributed by atoms with van der Waals surface area (Å²) in [6.07, 6.45) is 5.38. The van der Waals surface area contributed by atoms with Crippen molar-refractivity contribution in [3.05, 3.63) is 29.8 Å². The molecule has 1 aromatic carbocycles. The van der Waals surface area contributed by atoms with Crippen LogP contribution in [0, 0.1) is 22.7 Å². The van der Waals surface area contributed by atoms with Gasteiger partial charge in [0.1, 0.15) is 17.8 Å². The molecule has 112 valence electrons. The summed E-state index contributed by atoms with van der Waals surface area (Å²) in [6, 6.07) is 10.3. The Labute approximate surface area is 126 Å². The molecule has 1 fully saturated rings. The summed E-state index contributed by atoms with van der Waals surface area (Å²) in [5.74, 6) is 1.05. The summed E-state index contributed by atoms with van der Waals surface area (Å²) in [5, 5.41) is 21.3. The van der Waals surface area contributed by atoms with Crippen molar-refractivity contribution in [3.63, 3.8) is 0 Å². The summed E-state index contributed by atoms with van der Waals surface area (Å²) >= 11 is 0. The van der Waals surface area contributed by atoms with E-state index in [0.29, 0.717) is 19.4 Å². The second-order valence-electron chi connectivity index (χ2n) is 6.54. The van der Waals surface area contributed by atoms with Crippen LogP contribution in [0.2, 0.25) is 0 Å². The van der Waals surface area contributed by atoms with Crippen LogP contribution < -0.4 is 4.74 Å². The fourth-order valence-corrected chi connectivity index (χ4v) is 4.21. The van der Waals surface area contributed by atoms with Crippen molar-refractivity contribution >= 4 is 0 Å². The van der Waals surface area contributed by atoms with Gasteiger partial charge in [-0.2, -0.15) is 5.26 Å². The number of hydrogen-bond donors (Lipinski definition) is 1. The van der Waals surface area contributed by atoms with Crippen molar-refractivity contribution in [1.29, 1.82) is 5.26 Å². The van der Waals surface area contributed by atoms with Gasteiger partial charge in [0.2, 0.25) is 0 Å². The lowest BCUT2D eigenvalue weighted by Gasteiger charge is -2.51. The first-order chi connectivity index (χ1) is 10.1. The maximum atomic E-state index is 11.4. The van der Waals surface area contributed by atoms with Crippen molar-refractivity contribution in [3.8, 4) is 11.8 Å². The van der Waals surface area contributed by atoms with Gasteiger partial charge in [0.05, 0.1) is 11.7 Å². The van der Waals surface area contributed by atoms with E-state index < -0.39 is 11.0 Å². The second kappa shape index (κ2) is 5.35. The topological polar surface area (TPSA) is 53.2 Å². The maximum Gasteiger partial charge on any atom is 0.124 e. The fraction of sp³-hybridized carbons (Fsp3) is 0.611. The van der Waals surface area contributed by atoms with E-state index in [1.165, 1.54) is 0 Å². The quantitative estimate of drug-likeness (QED) is 0.905. The molecule has 0 bridgehead atoms. The first kappa shape index (κ1) is 14.4. The van der Waals surface area contributed by atoms with E-state index in [1.54, 1.807) is 0 Å². The van der Waals surface area contributed by atoms with Crippen LogP contribution in [0.5, 0.6) is 5.75 Å². The third-order valence-electron chi connectivity index (χ3n) is 5.51. The zero-order chi connectivity index (χ0) is 14.9. The van der Waals surface area contributed by atoms with E-state index in [0.717, 1.165) is 37.0 Å². The smallest absolute Gasteiger partial charge is 0.124 e. The summed E-state index contributed by atoms with van der Waals surface area (Å²) in [7, 11) is 0. The number of nitrogens with zero attached hydrogens (tertiary/aromatic N) is 1. The van der Waals surface area contributed by atoms with Gasteiger partial charge >= 0.3 is 0 Å². The van der Waals surface area contributed by atoms with Gasteiger partial charge < -0.3 is 9.84 Å². The van der Waals surface area contributed by atoms with Crippen LogP contribution in [-0.2, 0) is 6.42 Å². The number of ether oxygens (including phenoxy) is 1. The Balaban J connectivity index is 2.00. The lowest BCUT2D eigenvalue weighted by molar-refractivity contribution is -0.141. The normalized spacial score (nSPS) is 35.4. The third-order valence-corrected chi connectivity index (χ3v) is 5.51. The highest BCUT2D eigenvalue weighted by molar-refractivity contribution is 5.39. The average molecular weight is 285 g/mol. The minimum atomic E-state index is -0.928. The van der Waals surface area contributed by atoms with Gasteiger partial charge in [0, 0.05) is 6.42 Å². The molecule has 0 radical (unpaired) electrons. The standard InChI is InChI=1S/C18H23NO2/c1-2-15-8-5-6-10-18(15,20)17(12-19)11-14-7-3-4-9-16(14)21-13-17/h3-4,7,9,15,20H,2,5-6,8,10-11,13H2,1H3. The monoisotopic (exact) mass is 285 g/mol. The molecule has 0 aromatic heterocycles. The van der Waals surface area contributed by atoms with Crippen LogP contribution in [-0.4, -0.2) is 17.3 Å². The van der Waals surface area contributed by atoms with E-state index in [2.05, 4.69) is 13.0 Å². The molecule has 0 saturated heterocycles. The van der Waals surface area contributed by atoms with Crippen molar-refractivity contribution < 1.29 is 9.84 Å². The molecule has 1 aromatic rings. The van der Waals surface area contributed by atoms with Gasteiger partial charge in [-0.25, -0.2) is 0 Å². The SMILES string of the molecule is CCC1CCCCC1(O)C1(C#N)COc2ccccc2C1. The van der Waals surface area contributed by atoms with Gasteiger partial charge in [-0.3, -0.25) is 0 Å². The summed E-state index contributed by atoms with van der Waals surface area (Å²) in [6.45, 7) is 2.41. The van der Waals surface area contributed by atoms with E-state index in [-0.39, 0.29) is 5.92 Å². The summed E-state index contributed by atoms with van der Waals surface area (Å²) in [4.78, 5) is 0. The molecule has 1 saturated carbocycles. The Morgan fingerprint density at radius 2 is 2.19 bits per heavy atom. The Bertz CT molecular complexity index is 565. The number of hydrogen-bond acceptors (Lipinski definition) is 3. The van der Waals surface area contributed by atoms with E-state index in [9.17, 15) is 10.4 Å². The number of aliphatic hydroxyl groups is 1. The number of nitriles is 1. The van der Waals surface area contributed by atoms with Crippen molar-refractivity contribution in [2.45, 2.75) is 51.0 Å². The molecule has 3 atom stereocenters. The first-order valence-corrected chi connectivity index (χ1v) is 7.99. The average Bonchev–Trinajstić information content (AvgIpc) is 2.54. The molecule has 0 spiro atoms. The van der Waals surface area contributed by atoms with Gasteiger partial charge in [-0.1, -0.05) is 44.4 Å². The van der Waals surface area contributed by atoms with E-state index in [4.69, 9.17) is 4.74 Å². The molecule has 0 amide bonds. The van der Waals surface area contributed by atoms with Gasteiger partial charge in [-0.15, -0.1) is 0 Å². The summed E-state index contributed by atoms with van der Waals surface area (Å²) < 4.78 is 5.86. The lowest BCUT2D eigenvalue weighted by atomic mass is 9.58. The zero-order valence-corrected chi connectivity index (χ0v) is 12.6. The Hall–Kier alpha value is -1.53. The largest absolute Gasteiger partial charge is 0.492 e. The van der Waals surface area contributed by atoms with Crippen LogP contribution in [0.1, 0.15) is 44.6 Å². The molecule has 2 aliphatic rings. The van der Waals surface area contributed by atoms with Crippen molar-refractivity contribution in [2.75, 3.05) is 6.61 Å². The Kier molecular flexibility index (Phi) is 3.67. The molecule has 3 unspecified atom stereocenters. The molecule has 1 aliphatic carbocycles. The number of para-hydroxylation sites is 1. The minimum Gasteiger partial charge on any atom is -0.492 e. The molecular weight excluding hydrogens is 262 g/mol. The van der Waals surface area contributed by atoms with Gasteiger partial charge in [0.15, 0.2) is 0 Å². The van der Waals surface area contributed by atoms with Crippen LogP contribution in [0.25, 0.3) is 0 Å². The Morgan fingerprint density at radius 1 is 1.38 bits per heavy atom. The molecule has 1 aliphatic heterocycles. The van der Waals surface area contributed by atoms with Gasteiger partial charge in [-0.05, 0) is 30.4 Å². The molecule has 3 nitrogen and oxygen atoms in total. The molecule has 3 heteroatoms. The second-order valence-corrected chi connectivity index (χ2v) is 6.54. The molecule has 1 N–H and O–H groups in total. The highest BCUT2D eigenvalue weighted by Gasteiger charge is 2.57. The van der Waals surface area contributed by atoms with Crippen molar-refractivity contribution in [1.82, 2.24) is 0 Å².